The van der Waals surface area contributed by atoms with Gasteiger partial charge in [-0.2, -0.15) is 0 Å². The molecule has 0 amide bonds. The lowest BCUT2D eigenvalue weighted by molar-refractivity contribution is 0.0604. The molecule has 106 valence electrons. The molecule has 0 aliphatic carbocycles. The fourth-order valence-corrected chi connectivity index (χ4v) is 4.56. The van der Waals surface area contributed by atoms with E-state index in [-0.39, 0.29) is 11.8 Å². The predicted octanol–water partition coefficient (Wildman–Crippen LogP) is 0.556. The van der Waals surface area contributed by atoms with Crippen molar-refractivity contribution < 1.29 is 13.2 Å². The van der Waals surface area contributed by atoms with Crippen LogP contribution in [0.15, 0.2) is 0 Å². The molecular weight excluding hydrogens is 252 g/mol. The van der Waals surface area contributed by atoms with Crippen molar-refractivity contribution in [2.75, 3.05) is 32.1 Å². The molecule has 0 bridgehead atoms. The van der Waals surface area contributed by atoms with Gasteiger partial charge in [0.15, 0.2) is 0 Å². The third-order valence-corrected chi connectivity index (χ3v) is 5.94. The lowest BCUT2D eigenvalue weighted by atomic mass is 9.94. The maximum atomic E-state index is 12.3. The van der Waals surface area contributed by atoms with Crippen molar-refractivity contribution >= 4 is 10.0 Å². The first-order valence-corrected chi connectivity index (χ1v) is 8.51. The van der Waals surface area contributed by atoms with Gasteiger partial charge < -0.3 is 10.5 Å². The zero-order valence-electron chi connectivity index (χ0n) is 10.9. The molecule has 1 atom stereocenters. The highest BCUT2D eigenvalue weighted by Gasteiger charge is 2.30. The number of piperidine rings is 1. The van der Waals surface area contributed by atoms with Crippen LogP contribution in [0.5, 0.6) is 0 Å². The van der Waals surface area contributed by atoms with Crippen LogP contribution in [0.4, 0.5) is 0 Å². The summed E-state index contributed by atoms with van der Waals surface area (Å²) in [5.74, 6) is 0.385. The Labute approximate surface area is 110 Å². The van der Waals surface area contributed by atoms with Gasteiger partial charge >= 0.3 is 0 Å². The second-order valence-corrected chi connectivity index (χ2v) is 7.37. The number of ether oxygens (including phenoxy) is 1. The van der Waals surface area contributed by atoms with E-state index in [1.165, 1.54) is 0 Å². The van der Waals surface area contributed by atoms with Gasteiger partial charge in [0.05, 0.1) is 5.75 Å². The zero-order chi connectivity index (χ0) is 13.0. The highest BCUT2D eigenvalue weighted by Crippen LogP contribution is 2.21. The first kappa shape index (κ1) is 14.2. The molecule has 5 nitrogen and oxygen atoms in total. The van der Waals surface area contributed by atoms with Crippen molar-refractivity contribution in [1.82, 2.24) is 4.31 Å². The summed E-state index contributed by atoms with van der Waals surface area (Å²) in [4.78, 5) is 0. The van der Waals surface area contributed by atoms with Crippen LogP contribution in [-0.2, 0) is 14.8 Å². The molecule has 2 saturated heterocycles. The van der Waals surface area contributed by atoms with E-state index in [2.05, 4.69) is 0 Å². The van der Waals surface area contributed by atoms with Crippen molar-refractivity contribution in [3.8, 4) is 0 Å². The molecule has 0 aromatic heterocycles. The van der Waals surface area contributed by atoms with E-state index < -0.39 is 10.0 Å². The van der Waals surface area contributed by atoms with Crippen LogP contribution in [0.2, 0.25) is 0 Å². The van der Waals surface area contributed by atoms with E-state index >= 15 is 0 Å². The number of nitrogens with zero attached hydrogens (tertiary/aromatic N) is 1. The quantitative estimate of drug-likeness (QED) is 0.814. The number of rotatable bonds is 4. The Hall–Kier alpha value is -0.170. The third kappa shape index (κ3) is 3.66. The van der Waals surface area contributed by atoms with E-state index in [9.17, 15) is 8.42 Å². The van der Waals surface area contributed by atoms with Crippen LogP contribution in [0, 0.1) is 5.92 Å². The minimum atomic E-state index is -3.16. The van der Waals surface area contributed by atoms with Gasteiger partial charge in [-0.3, -0.25) is 0 Å². The smallest absolute Gasteiger partial charge is 0.215 e. The zero-order valence-corrected chi connectivity index (χ0v) is 11.7. The fourth-order valence-electron chi connectivity index (χ4n) is 2.77. The summed E-state index contributed by atoms with van der Waals surface area (Å²) in [6.45, 7) is 2.76. The lowest BCUT2D eigenvalue weighted by Gasteiger charge is -2.31. The molecule has 2 aliphatic heterocycles. The SMILES string of the molecule is NC(CS(=O)(=O)N1CCCCC1)C1CCOCC1. The van der Waals surface area contributed by atoms with Gasteiger partial charge in [0.2, 0.25) is 10.0 Å². The number of nitrogens with two attached hydrogens (primary N) is 1. The van der Waals surface area contributed by atoms with Crippen LogP contribution in [-0.4, -0.2) is 50.8 Å². The molecule has 2 heterocycles. The average Bonchev–Trinajstić information content (AvgIpc) is 2.40. The first-order chi connectivity index (χ1) is 8.59. The molecular formula is C12H24N2O3S. The van der Waals surface area contributed by atoms with Crippen molar-refractivity contribution in [3.05, 3.63) is 0 Å². The molecule has 0 aromatic carbocycles. The fraction of sp³-hybridized carbons (Fsp3) is 1.00. The summed E-state index contributed by atoms with van der Waals surface area (Å²) in [5.41, 5.74) is 6.08. The normalized spacial score (nSPS) is 26.1. The van der Waals surface area contributed by atoms with E-state index in [1.807, 2.05) is 0 Å². The largest absolute Gasteiger partial charge is 0.381 e. The molecule has 2 rings (SSSR count). The molecule has 18 heavy (non-hydrogen) atoms. The Balaban J connectivity index is 1.89. The van der Waals surface area contributed by atoms with E-state index in [0.29, 0.717) is 32.2 Å². The summed E-state index contributed by atoms with van der Waals surface area (Å²) in [6, 6.07) is -0.249. The molecule has 1 unspecified atom stereocenters. The van der Waals surface area contributed by atoms with Crippen LogP contribution in [0.1, 0.15) is 32.1 Å². The molecule has 0 radical (unpaired) electrons. The van der Waals surface area contributed by atoms with Gasteiger partial charge in [0, 0.05) is 32.3 Å². The van der Waals surface area contributed by atoms with Crippen molar-refractivity contribution in [2.45, 2.75) is 38.1 Å². The Morgan fingerprint density at radius 2 is 1.78 bits per heavy atom. The summed E-state index contributed by atoms with van der Waals surface area (Å²) in [6.07, 6.45) is 4.86. The highest BCUT2D eigenvalue weighted by atomic mass is 32.2. The third-order valence-electron chi connectivity index (χ3n) is 3.98. The standard InChI is InChI=1S/C12H24N2O3S/c13-12(11-4-8-17-9-5-11)10-18(15,16)14-6-2-1-3-7-14/h11-12H,1-10,13H2. The summed E-state index contributed by atoms with van der Waals surface area (Å²) in [5, 5.41) is 0. The maximum Gasteiger partial charge on any atom is 0.215 e. The van der Waals surface area contributed by atoms with Gasteiger partial charge in [-0.25, -0.2) is 12.7 Å². The molecule has 2 N–H and O–H groups in total. The van der Waals surface area contributed by atoms with Crippen molar-refractivity contribution in [2.24, 2.45) is 11.7 Å². The Morgan fingerprint density at radius 3 is 2.39 bits per heavy atom. The lowest BCUT2D eigenvalue weighted by Crippen LogP contribution is -2.45. The van der Waals surface area contributed by atoms with Crippen molar-refractivity contribution in [3.63, 3.8) is 0 Å². The van der Waals surface area contributed by atoms with E-state index in [1.54, 1.807) is 4.31 Å². The van der Waals surface area contributed by atoms with Gasteiger partial charge in [-0.05, 0) is 31.6 Å². The molecule has 0 saturated carbocycles. The van der Waals surface area contributed by atoms with Gasteiger partial charge in [-0.15, -0.1) is 0 Å². The predicted molar refractivity (Wildman–Crippen MR) is 70.7 cm³/mol. The Bertz CT molecular complexity index is 346. The molecule has 2 aliphatic rings. The molecule has 0 spiro atoms. The minimum Gasteiger partial charge on any atom is -0.381 e. The second-order valence-electron chi connectivity index (χ2n) is 5.35. The van der Waals surface area contributed by atoms with Crippen LogP contribution < -0.4 is 5.73 Å². The first-order valence-electron chi connectivity index (χ1n) is 6.91. The summed E-state index contributed by atoms with van der Waals surface area (Å²) < 4.78 is 31.4. The summed E-state index contributed by atoms with van der Waals surface area (Å²) >= 11 is 0. The monoisotopic (exact) mass is 276 g/mol. The van der Waals surface area contributed by atoms with Gasteiger partial charge in [0.25, 0.3) is 0 Å². The Kier molecular flexibility index (Phi) is 5.00. The molecule has 0 aromatic rings. The van der Waals surface area contributed by atoms with Crippen molar-refractivity contribution in [1.29, 1.82) is 0 Å². The van der Waals surface area contributed by atoms with Crippen LogP contribution >= 0.6 is 0 Å². The van der Waals surface area contributed by atoms with Gasteiger partial charge in [0.1, 0.15) is 0 Å². The van der Waals surface area contributed by atoms with E-state index in [0.717, 1.165) is 32.1 Å². The van der Waals surface area contributed by atoms with Crippen LogP contribution in [0.25, 0.3) is 0 Å². The maximum absolute atomic E-state index is 12.3. The Morgan fingerprint density at radius 1 is 1.17 bits per heavy atom. The number of hydrogen-bond donors (Lipinski definition) is 1. The summed E-state index contributed by atoms with van der Waals surface area (Å²) in [7, 11) is -3.16. The topological polar surface area (TPSA) is 72.6 Å². The van der Waals surface area contributed by atoms with Crippen LogP contribution in [0.3, 0.4) is 0 Å². The van der Waals surface area contributed by atoms with Gasteiger partial charge in [-0.1, -0.05) is 6.42 Å². The second kappa shape index (κ2) is 6.32. The molecule has 6 heteroatoms. The highest BCUT2D eigenvalue weighted by molar-refractivity contribution is 7.89. The number of hydrogen-bond acceptors (Lipinski definition) is 4. The average molecular weight is 276 g/mol. The minimum absolute atomic E-state index is 0.0949. The van der Waals surface area contributed by atoms with E-state index in [4.69, 9.17) is 10.5 Å². The molecule has 2 fully saturated rings. The number of sulfonamides is 1.